The molecule has 0 heterocycles. The summed E-state index contributed by atoms with van der Waals surface area (Å²) in [6.07, 6.45) is 18.7. The van der Waals surface area contributed by atoms with Crippen molar-refractivity contribution in [3.8, 4) is 12.3 Å². The Kier molecular flexibility index (Phi) is 3.24. The third-order valence-electron chi connectivity index (χ3n) is 7.24. The molecule has 0 aromatic rings. The lowest BCUT2D eigenvalue weighted by Crippen LogP contribution is -2.45. The maximum absolute atomic E-state index is 12.5. The molecule has 0 N–H and O–H groups in total. The highest BCUT2D eigenvalue weighted by molar-refractivity contribution is 5.87. The van der Waals surface area contributed by atoms with Crippen LogP contribution in [0.4, 0.5) is 0 Å². The van der Waals surface area contributed by atoms with Gasteiger partial charge in [-0.2, -0.15) is 0 Å². The average molecular weight is 306 g/mol. The lowest BCUT2D eigenvalue weighted by atomic mass is 9.50. The summed E-state index contributed by atoms with van der Waals surface area (Å²) in [5, 5.41) is 0. The molecule has 0 saturated heterocycles. The number of ketones is 1. The number of carbonyl (C=O) groups excluding carboxylic acids is 1. The highest BCUT2D eigenvalue weighted by atomic mass is 16.1. The number of rotatable bonds is 1. The second-order valence-electron chi connectivity index (χ2n) is 8.24. The summed E-state index contributed by atoms with van der Waals surface area (Å²) in [6.45, 7) is 6.62. The quantitative estimate of drug-likeness (QED) is 0.492. The molecule has 23 heavy (non-hydrogen) atoms. The molecule has 2 saturated carbocycles. The number of fused-ring (bicyclic) bond motifs is 5. The maximum Gasteiger partial charge on any atom is 0.139 e. The predicted octanol–water partition coefficient (Wildman–Crippen LogP) is 5.00. The van der Waals surface area contributed by atoms with Crippen LogP contribution in [0.2, 0.25) is 0 Å². The molecule has 1 nitrogen and oxygen atoms in total. The number of terminal acetylenes is 1. The Balaban J connectivity index is 1.86. The van der Waals surface area contributed by atoms with Crippen molar-refractivity contribution in [2.75, 3.05) is 0 Å². The minimum atomic E-state index is -0.137. The Morgan fingerprint density at radius 2 is 2.26 bits per heavy atom. The number of carbonyl (C=O) groups is 1. The molecule has 0 aromatic heterocycles. The Morgan fingerprint density at radius 1 is 1.43 bits per heavy atom. The third kappa shape index (κ3) is 1.84. The summed E-state index contributed by atoms with van der Waals surface area (Å²) < 4.78 is 0. The number of hydrogen-bond acceptors (Lipinski definition) is 1. The van der Waals surface area contributed by atoms with E-state index in [2.05, 4.69) is 31.6 Å². The summed E-state index contributed by atoms with van der Waals surface area (Å²) >= 11 is 0. The molecule has 4 atom stereocenters. The van der Waals surface area contributed by atoms with Gasteiger partial charge >= 0.3 is 0 Å². The van der Waals surface area contributed by atoms with Crippen molar-refractivity contribution in [2.45, 2.75) is 58.3 Å². The second kappa shape index (κ2) is 4.97. The first-order valence-electron chi connectivity index (χ1n) is 9.09. The summed E-state index contributed by atoms with van der Waals surface area (Å²) in [4.78, 5) is 12.5. The first-order valence-corrected chi connectivity index (χ1v) is 9.09. The van der Waals surface area contributed by atoms with Crippen LogP contribution in [0.25, 0.3) is 0 Å². The van der Waals surface area contributed by atoms with Crippen LogP contribution >= 0.6 is 0 Å². The molecule has 0 amide bonds. The van der Waals surface area contributed by atoms with E-state index in [4.69, 9.17) is 6.42 Å². The van der Waals surface area contributed by atoms with E-state index in [1.54, 1.807) is 5.57 Å². The number of Topliss-reactive ketones (excluding diaryl/α,β-unsaturated/α-hetero) is 1. The minimum absolute atomic E-state index is 0.0277. The summed E-state index contributed by atoms with van der Waals surface area (Å²) in [5.74, 6) is 4.41. The zero-order valence-corrected chi connectivity index (χ0v) is 14.2. The van der Waals surface area contributed by atoms with Crippen molar-refractivity contribution in [2.24, 2.45) is 22.7 Å². The summed E-state index contributed by atoms with van der Waals surface area (Å²) in [5.41, 5.74) is 4.16. The van der Waals surface area contributed by atoms with Crippen LogP contribution in [0.15, 0.2) is 35.5 Å². The van der Waals surface area contributed by atoms with E-state index in [1.807, 2.05) is 0 Å². The average Bonchev–Trinajstić information content (AvgIpc) is 2.84. The Bertz CT molecular complexity index is 685. The van der Waals surface area contributed by atoms with Gasteiger partial charge in [-0.15, -0.1) is 12.3 Å². The highest BCUT2D eigenvalue weighted by Gasteiger charge is 2.57. The maximum atomic E-state index is 12.5. The first kappa shape index (κ1) is 15.0. The molecular weight excluding hydrogens is 280 g/mol. The molecule has 0 spiro atoms. The lowest BCUT2D eigenvalue weighted by molar-refractivity contribution is -0.127. The molecule has 0 aliphatic heterocycles. The van der Waals surface area contributed by atoms with E-state index < -0.39 is 0 Å². The van der Waals surface area contributed by atoms with Gasteiger partial charge < -0.3 is 0 Å². The normalized spacial score (nSPS) is 42.1. The van der Waals surface area contributed by atoms with Crippen molar-refractivity contribution >= 4 is 5.78 Å². The van der Waals surface area contributed by atoms with Crippen LogP contribution in [-0.2, 0) is 4.79 Å². The van der Waals surface area contributed by atoms with Crippen LogP contribution in [0.3, 0.4) is 0 Å². The monoisotopic (exact) mass is 306 g/mol. The van der Waals surface area contributed by atoms with Gasteiger partial charge in [0.05, 0.1) is 0 Å². The van der Waals surface area contributed by atoms with Gasteiger partial charge in [-0.05, 0) is 55.9 Å². The molecule has 120 valence electrons. The van der Waals surface area contributed by atoms with E-state index in [1.165, 1.54) is 17.6 Å². The molecule has 4 rings (SSSR count). The van der Waals surface area contributed by atoms with Crippen molar-refractivity contribution in [3.63, 3.8) is 0 Å². The molecule has 4 aliphatic rings. The van der Waals surface area contributed by atoms with Crippen LogP contribution < -0.4 is 0 Å². The van der Waals surface area contributed by atoms with Crippen LogP contribution in [0.5, 0.6) is 0 Å². The number of allylic oxidation sites excluding steroid dienone is 5. The van der Waals surface area contributed by atoms with Gasteiger partial charge in [0.15, 0.2) is 0 Å². The molecule has 0 bridgehead atoms. The van der Waals surface area contributed by atoms with Gasteiger partial charge in [-0.3, -0.25) is 4.79 Å². The first-order chi connectivity index (χ1) is 11.0. The van der Waals surface area contributed by atoms with E-state index >= 15 is 0 Å². The van der Waals surface area contributed by atoms with Crippen LogP contribution in [-0.4, -0.2) is 5.78 Å². The summed E-state index contributed by atoms with van der Waals surface area (Å²) in [6, 6.07) is 0. The fourth-order valence-electron chi connectivity index (χ4n) is 6.10. The Labute approximate surface area is 139 Å². The fourth-order valence-corrected chi connectivity index (χ4v) is 6.10. The van der Waals surface area contributed by atoms with Crippen LogP contribution in [0, 0.1) is 35.0 Å². The standard InChI is InChI=1S/C22H26O/c1-4-11-22-12-6-5-7-17(22)15(2)14-16-18-8-9-20(23)21(18,3)13-10-19(16)22/h1,7,10,16,18H,2,5-6,8-9,11-14H2,3H3/t16?,18?,21?,22-/m0/s1. The van der Waals surface area contributed by atoms with Gasteiger partial charge in [0.1, 0.15) is 5.78 Å². The van der Waals surface area contributed by atoms with Crippen LogP contribution in [0.1, 0.15) is 58.3 Å². The molecule has 1 heteroatoms. The van der Waals surface area contributed by atoms with Gasteiger partial charge in [-0.25, -0.2) is 0 Å². The molecule has 0 radical (unpaired) electrons. The van der Waals surface area contributed by atoms with E-state index in [-0.39, 0.29) is 10.8 Å². The third-order valence-corrected chi connectivity index (χ3v) is 7.24. The topological polar surface area (TPSA) is 17.1 Å². The lowest BCUT2D eigenvalue weighted by Gasteiger charge is -2.53. The Morgan fingerprint density at radius 3 is 3.04 bits per heavy atom. The zero-order valence-electron chi connectivity index (χ0n) is 14.2. The SMILES string of the molecule is C#CC[C@]12CCCC=C1C(=C)CC1C2=CCC2(C)C(=O)CCC12. The zero-order chi connectivity index (χ0) is 16.2. The largest absolute Gasteiger partial charge is 0.299 e. The van der Waals surface area contributed by atoms with E-state index in [0.29, 0.717) is 17.6 Å². The molecular formula is C22H26O. The number of hydrogen-bond donors (Lipinski definition) is 0. The van der Waals surface area contributed by atoms with E-state index in [9.17, 15) is 4.79 Å². The van der Waals surface area contributed by atoms with Crippen molar-refractivity contribution < 1.29 is 4.79 Å². The molecule has 2 fully saturated rings. The van der Waals surface area contributed by atoms with Gasteiger partial charge in [0.25, 0.3) is 0 Å². The minimum Gasteiger partial charge on any atom is -0.299 e. The van der Waals surface area contributed by atoms with Crippen molar-refractivity contribution in [1.82, 2.24) is 0 Å². The fraction of sp³-hybridized carbons (Fsp3) is 0.591. The smallest absolute Gasteiger partial charge is 0.139 e. The van der Waals surface area contributed by atoms with Crippen molar-refractivity contribution in [1.29, 1.82) is 0 Å². The van der Waals surface area contributed by atoms with Crippen molar-refractivity contribution in [3.05, 3.63) is 35.5 Å². The molecule has 4 aliphatic carbocycles. The molecule has 0 aromatic carbocycles. The second-order valence-corrected chi connectivity index (χ2v) is 8.24. The predicted molar refractivity (Wildman–Crippen MR) is 93.6 cm³/mol. The molecule has 3 unspecified atom stereocenters. The van der Waals surface area contributed by atoms with Gasteiger partial charge in [-0.1, -0.05) is 36.8 Å². The summed E-state index contributed by atoms with van der Waals surface area (Å²) in [7, 11) is 0. The Hall–Kier alpha value is -1.55. The highest BCUT2D eigenvalue weighted by Crippen LogP contribution is 2.64. The van der Waals surface area contributed by atoms with Gasteiger partial charge in [0, 0.05) is 23.7 Å². The van der Waals surface area contributed by atoms with Gasteiger partial charge in [0.2, 0.25) is 0 Å². The van der Waals surface area contributed by atoms with E-state index in [0.717, 1.165) is 44.9 Å².